The minimum absolute atomic E-state index is 0.107. The summed E-state index contributed by atoms with van der Waals surface area (Å²) in [6.07, 6.45) is -0.589. The van der Waals surface area contributed by atoms with Gasteiger partial charge < -0.3 is 21.1 Å². The minimum atomic E-state index is -0.589. The molecule has 7 nitrogen and oxygen atoms in total. The average Bonchev–Trinajstić information content (AvgIpc) is 3.07. The van der Waals surface area contributed by atoms with Crippen LogP contribution in [0.15, 0.2) is 70.1 Å². The van der Waals surface area contributed by atoms with Crippen molar-refractivity contribution in [2.75, 3.05) is 21.1 Å². The lowest BCUT2D eigenvalue weighted by molar-refractivity contribution is 0.109. The molecular formula is C23H30N6O. The van der Waals surface area contributed by atoms with Crippen LogP contribution in [0.3, 0.4) is 0 Å². The lowest BCUT2D eigenvalue weighted by atomic mass is 10.1. The number of ether oxygens (including phenoxy) is 1. The Morgan fingerprint density at radius 3 is 2.30 bits per heavy atom. The van der Waals surface area contributed by atoms with Crippen LogP contribution in [0.1, 0.15) is 29.2 Å². The lowest BCUT2D eigenvalue weighted by Gasteiger charge is -2.20. The maximum Gasteiger partial charge on any atom is 0.240 e. The second-order valence-electron chi connectivity index (χ2n) is 7.79. The molecule has 158 valence electrons. The van der Waals surface area contributed by atoms with E-state index in [-0.39, 0.29) is 5.82 Å². The zero-order valence-corrected chi connectivity index (χ0v) is 18.3. The van der Waals surface area contributed by atoms with Crippen molar-refractivity contribution in [3.8, 4) is 0 Å². The maximum atomic E-state index is 6.07. The molecule has 3 rings (SSSR count). The molecule has 0 aliphatic carbocycles. The number of nitrogens with zero attached hydrogens (tertiary/aromatic N) is 4. The topological polar surface area (TPSA) is 92.5 Å². The van der Waals surface area contributed by atoms with E-state index >= 15 is 0 Å². The second-order valence-corrected chi connectivity index (χ2v) is 7.79. The van der Waals surface area contributed by atoms with Gasteiger partial charge in [0, 0.05) is 24.9 Å². The number of nitrogens with two attached hydrogens (primary N) is 2. The first-order chi connectivity index (χ1) is 14.2. The number of benzene rings is 2. The second kappa shape index (κ2) is 9.00. The van der Waals surface area contributed by atoms with Crippen LogP contribution in [0, 0.1) is 6.92 Å². The zero-order valence-electron chi connectivity index (χ0n) is 18.3. The number of hydrogen-bond donors (Lipinski definition) is 2. The first-order valence-electron chi connectivity index (χ1n) is 9.84. The van der Waals surface area contributed by atoms with Gasteiger partial charge >= 0.3 is 0 Å². The Morgan fingerprint density at radius 2 is 1.73 bits per heavy atom. The molecule has 30 heavy (non-hydrogen) atoms. The van der Waals surface area contributed by atoms with Crippen molar-refractivity contribution in [2.45, 2.75) is 26.6 Å². The van der Waals surface area contributed by atoms with Crippen LogP contribution in [-0.2, 0) is 11.3 Å². The molecule has 0 bridgehead atoms. The first-order valence-corrected chi connectivity index (χ1v) is 9.84. The third-order valence-corrected chi connectivity index (χ3v) is 4.80. The molecule has 4 N–H and O–H groups in total. The predicted molar refractivity (Wildman–Crippen MR) is 122 cm³/mol. The van der Waals surface area contributed by atoms with E-state index < -0.39 is 6.23 Å². The van der Waals surface area contributed by atoms with E-state index in [1.807, 2.05) is 59.3 Å². The summed E-state index contributed by atoms with van der Waals surface area (Å²) < 4.78 is 6.07. The Hall–Kier alpha value is -3.32. The molecule has 0 radical (unpaired) electrons. The van der Waals surface area contributed by atoms with Gasteiger partial charge in [0.2, 0.25) is 12.1 Å². The van der Waals surface area contributed by atoms with Crippen molar-refractivity contribution in [2.24, 2.45) is 21.6 Å². The van der Waals surface area contributed by atoms with E-state index in [0.29, 0.717) is 11.6 Å². The van der Waals surface area contributed by atoms with Crippen molar-refractivity contribution in [3.05, 3.63) is 82.3 Å². The van der Waals surface area contributed by atoms with Gasteiger partial charge in [0.25, 0.3) is 0 Å². The Bertz CT molecular complexity index is 970. The monoisotopic (exact) mass is 406 g/mol. The fourth-order valence-corrected chi connectivity index (χ4v) is 3.18. The summed E-state index contributed by atoms with van der Waals surface area (Å²) >= 11 is 0. The Morgan fingerprint density at radius 1 is 1.10 bits per heavy atom. The van der Waals surface area contributed by atoms with Gasteiger partial charge in [0.15, 0.2) is 0 Å². The maximum absolute atomic E-state index is 6.07. The first kappa shape index (κ1) is 21.4. The van der Waals surface area contributed by atoms with Crippen molar-refractivity contribution in [3.63, 3.8) is 0 Å². The van der Waals surface area contributed by atoms with Crippen LogP contribution >= 0.6 is 0 Å². The summed E-state index contributed by atoms with van der Waals surface area (Å²) in [6, 6.07) is 16.3. The predicted octanol–water partition coefficient (Wildman–Crippen LogP) is 2.60. The summed E-state index contributed by atoms with van der Waals surface area (Å²) in [5, 5.41) is 6.18. The minimum Gasteiger partial charge on any atom is -0.444 e. The molecule has 0 spiro atoms. The summed E-state index contributed by atoms with van der Waals surface area (Å²) in [4.78, 5) is 6.84. The highest BCUT2D eigenvalue weighted by Crippen LogP contribution is 2.23. The molecule has 1 aliphatic heterocycles. The third kappa shape index (κ3) is 4.99. The number of aryl methyl sites for hydroxylation is 1. The van der Waals surface area contributed by atoms with Gasteiger partial charge in [-0.25, -0.2) is 4.99 Å². The number of hydrazone groups is 1. The van der Waals surface area contributed by atoms with Gasteiger partial charge in [0.1, 0.15) is 11.5 Å². The van der Waals surface area contributed by atoms with Gasteiger partial charge in [-0.15, -0.1) is 5.10 Å². The quantitative estimate of drug-likeness (QED) is 0.720. The molecule has 2 aromatic rings. The van der Waals surface area contributed by atoms with Crippen LogP contribution in [0.4, 0.5) is 0 Å². The Balaban J connectivity index is 1.81. The number of likely N-dealkylation sites (N-methyl/N-ethyl adjacent to an activating group) is 1. The van der Waals surface area contributed by atoms with E-state index in [2.05, 4.69) is 34.3 Å². The highest BCUT2D eigenvalue weighted by atomic mass is 16.5. The molecule has 0 amide bonds. The zero-order chi connectivity index (χ0) is 21.8. The van der Waals surface area contributed by atoms with Crippen LogP contribution < -0.4 is 11.5 Å². The van der Waals surface area contributed by atoms with Crippen molar-refractivity contribution in [1.82, 2.24) is 9.91 Å². The lowest BCUT2D eigenvalue weighted by Crippen LogP contribution is -2.31. The molecule has 7 heteroatoms. The highest BCUT2D eigenvalue weighted by molar-refractivity contribution is 5.99. The van der Waals surface area contributed by atoms with Gasteiger partial charge in [0.05, 0.1) is 0 Å². The van der Waals surface area contributed by atoms with Crippen LogP contribution in [0.5, 0.6) is 0 Å². The van der Waals surface area contributed by atoms with Gasteiger partial charge in [-0.2, -0.15) is 0 Å². The number of aliphatic imine (C=N–C) groups is 1. The fraction of sp³-hybridized carbons (Fsp3) is 0.304. The SMILES string of the molecule is C/C(=N\C(=C(N)N)C1OC(c2ccc(C)cc2)=NN1C)c1ccc(CN(C)C)cc1. The molecule has 1 heterocycles. The van der Waals surface area contributed by atoms with E-state index in [4.69, 9.17) is 21.2 Å². The van der Waals surface area contributed by atoms with E-state index in [1.165, 1.54) is 11.1 Å². The van der Waals surface area contributed by atoms with Gasteiger partial charge in [-0.1, -0.05) is 42.0 Å². The van der Waals surface area contributed by atoms with Crippen molar-refractivity contribution < 1.29 is 4.74 Å². The highest BCUT2D eigenvalue weighted by Gasteiger charge is 2.31. The van der Waals surface area contributed by atoms with E-state index in [9.17, 15) is 0 Å². The smallest absolute Gasteiger partial charge is 0.240 e. The standard InChI is InChI=1S/C23H30N6O/c1-15-6-10-19(11-7-15)22-27-29(5)23(30-22)20(21(24)25)26-16(2)18-12-8-17(9-13-18)14-28(3)4/h6-13,23H,14,24-25H2,1-5H3/b26-16+. The van der Waals surface area contributed by atoms with Crippen LogP contribution in [0.25, 0.3) is 0 Å². The largest absolute Gasteiger partial charge is 0.444 e. The average molecular weight is 407 g/mol. The van der Waals surface area contributed by atoms with Crippen molar-refractivity contribution >= 4 is 11.6 Å². The Kier molecular flexibility index (Phi) is 6.42. The molecular weight excluding hydrogens is 376 g/mol. The Labute approximate surface area is 178 Å². The third-order valence-electron chi connectivity index (χ3n) is 4.80. The normalized spacial score (nSPS) is 16.5. The summed E-state index contributed by atoms with van der Waals surface area (Å²) in [5.41, 5.74) is 17.5. The van der Waals surface area contributed by atoms with Crippen LogP contribution in [0.2, 0.25) is 0 Å². The summed E-state index contributed by atoms with van der Waals surface area (Å²) in [7, 11) is 5.91. The van der Waals surface area contributed by atoms with E-state index in [1.54, 1.807) is 5.01 Å². The van der Waals surface area contributed by atoms with Crippen LogP contribution in [-0.4, -0.2) is 48.9 Å². The molecule has 0 saturated heterocycles. The molecule has 1 atom stereocenters. The fourth-order valence-electron chi connectivity index (χ4n) is 3.18. The van der Waals surface area contributed by atoms with Gasteiger partial charge in [-0.3, -0.25) is 5.01 Å². The molecule has 0 fully saturated rings. The summed E-state index contributed by atoms with van der Waals surface area (Å²) in [5.74, 6) is 0.623. The van der Waals surface area contributed by atoms with Crippen molar-refractivity contribution in [1.29, 1.82) is 0 Å². The number of hydrogen-bond acceptors (Lipinski definition) is 7. The molecule has 2 aromatic carbocycles. The molecule has 0 saturated carbocycles. The summed E-state index contributed by atoms with van der Waals surface area (Å²) in [6.45, 7) is 4.86. The molecule has 0 aromatic heterocycles. The van der Waals surface area contributed by atoms with E-state index in [0.717, 1.165) is 23.4 Å². The molecule has 1 aliphatic rings. The van der Waals surface area contributed by atoms with Gasteiger partial charge in [-0.05, 0) is 51.2 Å². The number of rotatable bonds is 6. The molecule has 1 unspecified atom stereocenters.